The molecular formula is C19H25Cl2N5O3S. The van der Waals surface area contributed by atoms with E-state index in [1.807, 2.05) is 6.92 Å². The molecule has 1 fully saturated rings. The zero-order valence-electron chi connectivity index (χ0n) is 17.2. The molecule has 0 aliphatic carbocycles. The third kappa shape index (κ3) is 4.49. The maximum absolute atomic E-state index is 13.0. The number of rotatable bonds is 6. The molecule has 1 aliphatic heterocycles. The van der Waals surface area contributed by atoms with Crippen molar-refractivity contribution in [2.24, 2.45) is 0 Å². The number of likely N-dealkylation sites (tertiary alicyclic amines) is 1. The fraction of sp³-hybridized carbons (Fsp3) is 0.526. The van der Waals surface area contributed by atoms with Crippen LogP contribution in [0.4, 0.5) is 0 Å². The summed E-state index contributed by atoms with van der Waals surface area (Å²) in [5, 5.41) is 5.23. The van der Waals surface area contributed by atoms with Crippen LogP contribution in [0.15, 0.2) is 18.2 Å². The molecule has 0 radical (unpaired) electrons. The number of sulfonamides is 1. The summed E-state index contributed by atoms with van der Waals surface area (Å²) in [4.78, 5) is 19.1. The van der Waals surface area contributed by atoms with Crippen LogP contribution in [0.5, 0.6) is 0 Å². The number of carbonyl (C=O) groups is 1. The number of aryl methyl sites for hydroxylation is 1. The first-order valence-corrected chi connectivity index (χ1v) is 12.2. The highest BCUT2D eigenvalue weighted by Gasteiger charge is 2.32. The van der Waals surface area contributed by atoms with Gasteiger partial charge in [-0.05, 0) is 31.9 Å². The van der Waals surface area contributed by atoms with E-state index in [0.29, 0.717) is 53.9 Å². The van der Waals surface area contributed by atoms with Crippen molar-refractivity contribution < 1.29 is 13.2 Å². The van der Waals surface area contributed by atoms with Gasteiger partial charge in [-0.25, -0.2) is 22.4 Å². The second-order valence-electron chi connectivity index (χ2n) is 7.13. The highest BCUT2D eigenvalue weighted by Crippen LogP contribution is 2.29. The fourth-order valence-corrected chi connectivity index (χ4v) is 5.17. The Morgan fingerprint density at radius 2 is 1.80 bits per heavy atom. The van der Waals surface area contributed by atoms with Crippen molar-refractivity contribution in [3.63, 3.8) is 0 Å². The summed E-state index contributed by atoms with van der Waals surface area (Å²) < 4.78 is 27.1. The first-order chi connectivity index (χ1) is 14.2. The molecule has 8 nitrogen and oxygen atoms in total. The number of halogens is 2. The molecular weight excluding hydrogens is 449 g/mol. The maximum Gasteiger partial charge on any atom is 0.293 e. The van der Waals surface area contributed by atoms with Gasteiger partial charge in [-0.15, -0.1) is 5.10 Å². The van der Waals surface area contributed by atoms with Gasteiger partial charge in [-0.2, -0.15) is 0 Å². The van der Waals surface area contributed by atoms with Crippen molar-refractivity contribution in [2.45, 2.75) is 39.2 Å². The average molecular weight is 474 g/mol. The van der Waals surface area contributed by atoms with Crippen LogP contribution >= 0.6 is 23.2 Å². The minimum atomic E-state index is -3.26. The van der Waals surface area contributed by atoms with E-state index < -0.39 is 10.0 Å². The minimum absolute atomic E-state index is 0.0639. The molecule has 11 heteroatoms. The van der Waals surface area contributed by atoms with Crippen LogP contribution in [0, 0.1) is 0 Å². The average Bonchev–Trinajstić information content (AvgIpc) is 3.16. The minimum Gasteiger partial charge on any atom is -0.336 e. The monoisotopic (exact) mass is 473 g/mol. The van der Waals surface area contributed by atoms with Gasteiger partial charge in [0.05, 0.1) is 15.8 Å². The predicted octanol–water partition coefficient (Wildman–Crippen LogP) is 3.02. The Balaban J connectivity index is 1.78. The molecule has 2 heterocycles. The quantitative estimate of drug-likeness (QED) is 0.642. The van der Waals surface area contributed by atoms with Crippen molar-refractivity contribution >= 4 is 39.1 Å². The van der Waals surface area contributed by atoms with Crippen LogP contribution in [-0.2, 0) is 16.4 Å². The summed E-state index contributed by atoms with van der Waals surface area (Å²) in [6.45, 7) is 4.42. The molecule has 30 heavy (non-hydrogen) atoms. The molecule has 0 spiro atoms. The van der Waals surface area contributed by atoms with Gasteiger partial charge in [0.25, 0.3) is 5.91 Å². The molecule has 0 N–H and O–H groups in total. The van der Waals surface area contributed by atoms with Crippen LogP contribution in [-0.4, -0.2) is 70.2 Å². The Bertz CT molecular complexity index is 1010. The molecule has 0 saturated carbocycles. The number of amides is 1. The van der Waals surface area contributed by atoms with E-state index in [1.165, 1.54) is 8.99 Å². The van der Waals surface area contributed by atoms with E-state index in [1.54, 1.807) is 37.1 Å². The molecule has 3 rings (SSSR count). The zero-order valence-corrected chi connectivity index (χ0v) is 19.5. The summed E-state index contributed by atoms with van der Waals surface area (Å²) in [6, 6.07) is 5.04. The zero-order chi connectivity index (χ0) is 22.1. The number of hydrogen-bond donors (Lipinski definition) is 0. The van der Waals surface area contributed by atoms with Crippen LogP contribution in [0.1, 0.15) is 43.1 Å². The predicted molar refractivity (Wildman–Crippen MR) is 117 cm³/mol. The number of para-hydroxylation sites is 1. The summed E-state index contributed by atoms with van der Waals surface area (Å²) in [7, 11) is -1.65. The fourth-order valence-electron chi connectivity index (χ4n) is 3.54. The Morgan fingerprint density at radius 1 is 1.20 bits per heavy atom. The van der Waals surface area contributed by atoms with Crippen molar-refractivity contribution in [1.29, 1.82) is 0 Å². The van der Waals surface area contributed by atoms with Crippen molar-refractivity contribution in [3.05, 3.63) is 39.9 Å². The molecule has 0 bridgehead atoms. The van der Waals surface area contributed by atoms with Gasteiger partial charge < -0.3 is 4.90 Å². The lowest BCUT2D eigenvalue weighted by Crippen LogP contribution is -2.47. The van der Waals surface area contributed by atoms with Crippen LogP contribution in [0.3, 0.4) is 0 Å². The molecule has 0 unspecified atom stereocenters. The summed E-state index contributed by atoms with van der Waals surface area (Å²) >= 11 is 12.6. The molecule has 2 aromatic rings. The number of hydrogen-bond acceptors (Lipinski definition) is 5. The normalized spacial score (nSPS) is 15.7. The van der Waals surface area contributed by atoms with Gasteiger partial charge in [0.15, 0.2) is 0 Å². The van der Waals surface area contributed by atoms with Gasteiger partial charge in [0, 0.05) is 32.6 Å². The number of benzene rings is 1. The number of carbonyl (C=O) groups excluding carboxylic acids is 1. The summed E-state index contributed by atoms with van der Waals surface area (Å²) in [5.74, 6) is 0.438. The van der Waals surface area contributed by atoms with E-state index in [0.717, 1.165) is 0 Å². The Kier molecular flexibility index (Phi) is 7.06. The number of piperidine rings is 1. The SMILES string of the molecule is CCc1nc(C(=O)N2CCC(N(C)S(=O)(=O)CC)CC2)nn1-c1c(Cl)cccc1Cl. The highest BCUT2D eigenvalue weighted by molar-refractivity contribution is 7.89. The molecule has 1 amide bonds. The van der Waals surface area contributed by atoms with Crippen molar-refractivity contribution in [2.75, 3.05) is 25.9 Å². The Hall–Kier alpha value is -1.68. The van der Waals surface area contributed by atoms with Gasteiger partial charge in [-0.3, -0.25) is 4.79 Å². The molecule has 1 aromatic carbocycles. The van der Waals surface area contributed by atoms with Crippen molar-refractivity contribution in [1.82, 2.24) is 24.0 Å². The van der Waals surface area contributed by atoms with E-state index in [-0.39, 0.29) is 23.5 Å². The van der Waals surface area contributed by atoms with Gasteiger partial charge in [0.1, 0.15) is 11.5 Å². The Morgan fingerprint density at radius 3 is 2.33 bits per heavy atom. The molecule has 0 atom stereocenters. The van der Waals surface area contributed by atoms with E-state index in [2.05, 4.69) is 10.1 Å². The smallest absolute Gasteiger partial charge is 0.293 e. The first-order valence-electron chi connectivity index (χ1n) is 9.84. The van der Waals surface area contributed by atoms with Gasteiger partial charge in [0.2, 0.25) is 15.8 Å². The largest absolute Gasteiger partial charge is 0.336 e. The Labute approximate surface area is 186 Å². The van der Waals surface area contributed by atoms with Crippen LogP contribution in [0.25, 0.3) is 5.69 Å². The molecule has 164 valence electrons. The lowest BCUT2D eigenvalue weighted by Gasteiger charge is -2.35. The first kappa shape index (κ1) is 23.0. The third-order valence-electron chi connectivity index (χ3n) is 5.40. The highest BCUT2D eigenvalue weighted by atomic mass is 35.5. The van der Waals surface area contributed by atoms with Crippen molar-refractivity contribution in [3.8, 4) is 5.69 Å². The molecule has 1 aliphatic rings. The van der Waals surface area contributed by atoms with E-state index in [9.17, 15) is 13.2 Å². The third-order valence-corrected chi connectivity index (χ3v) is 7.92. The van der Waals surface area contributed by atoms with Gasteiger partial charge >= 0.3 is 0 Å². The number of aromatic nitrogens is 3. The summed E-state index contributed by atoms with van der Waals surface area (Å²) in [6.07, 6.45) is 1.68. The van der Waals surface area contributed by atoms with E-state index >= 15 is 0 Å². The van der Waals surface area contributed by atoms with Crippen LogP contribution in [0.2, 0.25) is 10.0 Å². The lowest BCUT2D eigenvalue weighted by molar-refractivity contribution is 0.0674. The lowest BCUT2D eigenvalue weighted by atomic mass is 10.1. The topological polar surface area (TPSA) is 88.4 Å². The van der Waals surface area contributed by atoms with Gasteiger partial charge in [-0.1, -0.05) is 36.2 Å². The summed E-state index contributed by atoms with van der Waals surface area (Å²) in [5.41, 5.74) is 0.495. The number of nitrogens with zero attached hydrogens (tertiary/aromatic N) is 5. The second kappa shape index (κ2) is 9.21. The molecule has 1 saturated heterocycles. The molecule has 1 aromatic heterocycles. The second-order valence-corrected chi connectivity index (χ2v) is 10.3. The van der Waals surface area contributed by atoms with Crippen LogP contribution < -0.4 is 0 Å². The standard InChI is InChI=1S/C19H25Cl2N5O3S/c1-4-16-22-18(23-26(16)17-14(20)7-6-8-15(17)21)19(27)25-11-9-13(10-12-25)24(3)30(28,29)5-2/h6-8,13H,4-5,9-12H2,1-3H3. The maximum atomic E-state index is 13.0. The van der Waals surface area contributed by atoms with E-state index in [4.69, 9.17) is 23.2 Å².